The first-order valence-corrected chi connectivity index (χ1v) is 11.6. The Morgan fingerprint density at radius 3 is 1.60 bits per heavy atom. The number of aliphatic hydroxyl groups is 1. The molecule has 1 unspecified atom stereocenters. The van der Waals surface area contributed by atoms with Crippen molar-refractivity contribution in [2.75, 3.05) is 0 Å². The second-order valence-corrected chi connectivity index (χ2v) is 9.17. The molecule has 0 aromatic carbocycles. The molecule has 2 N–H and O–H groups in total. The molecule has 0 spiro atoms. The fourth-order valence-electron chi connectivity index (χ4n) is 2.83. The van der Waals surface area contributed by atoms with Crippen LogP contribution in [-0.2, 0) is 10.1 Å². The van der Waals surface area contributed by atoms with E-state index in [1.165, 1.54) is 57.8 Å². The van der Waals surface area contributed by atoms with Crippen LogP contribution in [0, 0.1) is 0 Å². The molecule has 0 heterocycles. The van der Waals surface area contributed by atoms with E-state index in [1.807, 2.05) is 0 Å². The van der Waals surface area contributed by atoms with E-state index in [0.29, 0.717) is 6.42 Å². The van der Waals surface area contributed by atoms with E-state index in [-0.39, 0.29) is 6.42 Å². The lowest BCUT2D eigenvalue weighted by molar-refractivity contribution is 0.119. The highest BCUT2D eigenvalue weighted by Gasteiger charge is 2.34. The van der Waals surface area contributed by atoms with Crippen molar-refractivity contribution in [1.82, 2.24) is 0 Å². The smallest absolute Gasteiger partial charge is 0.294 e. The van der Waals surface area contributed by atoms with Crippen LogP contribution in [0.3, 0.4) is 0 Å². The summed E-state index contributed by atoms with van der Waals surface area (Å²) in [5, 5.41) is 9.62. The summed E-state index contributed by atoms with van der Waals surface area (Å²) in [6.07, 6.45) is 21.3. The normalized spacial score (nSPS) is 14.9. The lowest BCUT2D eigenvalue weighted by Gasteiger charge is -2.19. The van der Waals surface area contributed by atoms with E-state index >= 15 is 0 Å². The van der Waals surface area contributed by atoms with E-state index < -0.39 is 15.1 Å². The summed E-state index contributed by atoms with van der Waals surface area (Å²) in [5.41, 5.74) is 0. The zero-order valence-corrected chi connectivity index (χ0v) is 17.2. The first kappa shape index (κ1) is 24.6. The molecular weight excluding hydrogens is 336 g/mol. The molecule has 0 saturated heterocycles. The molecule has 0 aliphatic heterocycles. The third-order valence-corrected chi connectivity index (χ3v) is 6.02. The van der Waals surface area contributed by atoms with Gasteiger partial charge in [-0.25, -0.2) is 0 Å². The Labute approximate surface area is 155 Å². The molecule has 4 nitrogen and oxygen atoms in total. The molecule has 0 aliphatic carbocycles. The van der Waals surface area contributed by atoms with E-state index in [0.717, 1.165) is 32.6 Å². The van der Waals surface area contributed by atoms with Gasteiger partial charge in [0.2, 0.25) is 0 Å². The third kappa shape index (κ3) is 14.5. The van der Waals surface area contributed by atoms with Crippen LogP contribution in [0.2, 0.25) is 0 Å². The van der Waals surface area contributed by atoms with Gasteiger partial charge in [0, 0.05) is 0 Å². The molecule has 1 atom stereocenters. The predicted octanol–water partition coefficient (Wildman–Crippen LogP) is 6.01. The molecule has 0 bridgehead atoms. The maximum Gasteiger partial charge on any atom is 0.294 e. The minimum absolute atomic E-state index is 0.0903. The van der Waals surface area contributed by atoms with Gasteiger partial charge in [0.15, 0.2) is 4.93 Å². The number of hydrogen-bond acceptors (Lipinski definition) is 3. The van der Waals surface area contributed by atoms with Crippen LogP contribution in [0.25, 0.3) is 0 Å². The highest BCUT2D eigenvalue weighted by molar-refractivity contribution is 7.87. The first-order chi connectivity index (χ1) is 11.8. The molecule has 0 aromatic rings. The van der Waals surface area contributed by atoms with Gasteiger partial charge in [-0.3, -0.25) is 4.55 Å². The Kier molecular flexibility index (Phi) is 14.5. The first-order valence-electron chi connectivity index (χ1n) is 10.2. The van der Waals surface area contributed by atoms with E-state index in [9.17, 15) is 13.5 Å². The van der Waals surface area contributed by atoms with E-state index in [4.69, 9.17) is 4.55 Å². The summed E-state index contributed by atoms with van der Waals surface area (Å²) < 4.78 is 30.8. The average Bonchev–Trinajstić information content (AvgIpc) is 2.53. The summed E-state index contributed by atoms with van der Waals surface area (Å²) in [6, 6.07) is 0. The van der Waals surface area contributed by atoms with Crippen LogP contribution in [-0.4, -0.2) is 23.0 Å². The van der Waals surface area contributed by atoms with Crippen molar-refractivity contribution in [3.63, 3.8) is 0 Å². The van der Waals surface area contributed by atoms with Gasteiger partial charge in [-0.2, -0.15) is 8.42 Å². The van der Waals surface area contributed by atoms with Gasteiger partial charge in [-0.1, -0.05) is 76.9 Å². The van der Waals surface area contributed by atoms with Gasteiger partial charge in [0.05, 0.1) is 0 Å². The molecule has 5 heteroatoms. The topological polar surface area (TPSA) is 74.6 Å². The van der Waals surface area contributed by atoms with Crippen molar-refractivity contribution in [1.29, 1.82) is 0 Å². The zero-order valence-electron chi connectivity index (χ0n) is 16.4. The van der Waals surface area contributed by atoms with Crippen molar-refractivity contribution >= 4 is 10.1 Å². The monoisotopic (exact) mass is 376 g/mol. The minimum Gasteiger partial charge on any atom is -0.373 e. The minimum atomic E-state index is -4.38. The van der Waals surface area contributed by atoms with Crippen LogP contribution >= 0.6 is 0 Å². The Morgan fingerprint density at radius 1 is 0.760 bits per heavy atom. The van der Waals surface area contributed by atoms with Gasteiger partial charge >= 0.3 is 0 Å². The quantitative estimate of drug-likeness (QED) is 0.185. The predicted molar refractivity (Wildman–Crippen MR) is 106 cm³/mol. The molecule has 0 saturated carbocycles. The number of allylic oxidation sites excluding steroid dienone is 2. The molecule has 0 aromatic heterocycles. The third-order valence-electron chi connectivity index (χ3n) is 4.71. The SMILES string of the molecule is CCCCCCCC/C=C\CCCCCCCCC(C)(O)S(=O)(=O)O. The van der Waals surface area contributed by atoms with Crippen LogP contribution in [0.15, 0.2) is 12.2 Å². The van der Waals surface area contributed by atoms with Gasteiger partial charge in [-0.05, 0) is 45.4 Å². The summed E-state index contributed by atoms with van der Waals surface area (Å²) in [5.74, 6) is 0. The van der Waals surface area contributed by atoms with Crippen LogP contribution < -0.4 is 0 Å². The Morgan fingerprint density at radius 2 is 1.16 bits per heavy atom. The van der Waals surface area contributed by atoms with Gasteiger partial charge < -0.3 is 5.11 Å². The molecule has 0 rings (SSSR count). The highest BCUT2D eigenvalue weighted by atomic mass is 32.2. The van der Waals surface area contributed by atoms with Gasteiger partial charge in [0.1, 0.15) is 0 Å². The van der Waals surface area contributed by atoms with E-state index in [2.05, 4.69) is 19.1 Å². The van der Waals surface area contributed by atoms with Crippen LogP contribution in [0.1, 0.15) is 110 Å². The van der Waals surface area contributed by atoms with Crippen molar-refractivity contribution < 1.29 is 18.1 Å². The fourth-order valence-corrected chi connectivity index (χ4v) is 3.23. The number of hydrogen-bond donors (Lipinski definition) is 2. The highest BCUT2D eigenvalue weighted by Crippen LogP contribution is 2.20. The van der Waals surface area contributed by atoms with Gasteiger partial charge in [0.25, 0.3) is 10.1 Å². The van der Waals surface area contributed by atoms with Crippen molar-refractivity contribution in [2.24, 2.45) is 0 Å². The average molecular weight is 377 g/mol. The van der Waals surface area contributed by atoms with Crippen LogP contribution in [0.5, 0.6) is 0 Å². The summed E-state index contributed by atoms with van der Waals surface area (Å²) in [7, 11) is -4.38. The molecule has 0 fully saturated rings. The summed E-state index contributed by atoms with van der Waals surface area (Å²) >= 11 is 0. The molecule has 25 heavy (non-hydrogen) atoms. The Hall–Kier alpha value is -0.390. The maximum atomic E-state index is 10.9. The molecule has 150 valence electrons. The second-order valence-electron chi connectivity index (χ2n) is 7.34. The van der Waals surface area contributed by atoms with Crippen molar-refractivity contribution in [3.05, 3.63) is 12.2 Å². The Bertz CT molecular complexity index is 427. The molecular formula is C20H40O4S. The summed E-state index contributed by atoms with van der Waals surface area (Å²) in [6.45, 7) is 3.40. The van der Waals surface area contributed by atoms with E-state index in [1.54, 1.807) is 0 Å². The van der Waals surface area contributed by atoms with Gasteiger partial charge in [-0.15, -0.1) is 0 Å². The molecule has 0 aliphatic rings. The number of unbranched alkanes of at least 4 members (excludes halogenated alkanes) is 12. The maximum absolute atomic E-state index is 10.9. The molecule has 0 amide bonds. The molecule has 0 radical (unpaired) electrons. The lowest BCUT2D eigenvalue weighted by atomic mass is 10.1. The zero-order chi connectivity index (χ0) is 19.0. The largest absolute Gasteiger partial charge is 0.373 e. The lowest BCUT2D eigenvalue weighted by Crippen LogP contribution is -2.34. The van der Waals surface area contributed by atoms with Crippen molar-refractivity contribution in [2.45, 2.75) is 115 Å². The van der Waals surface area contributed by atoms with Crippen LogP contribution in [0.4, 0.5) is 0 Å². The fraction of sp³-hybridized carbons (Fsp3) is 0.900. The Balaban J connectivity index is 3.35. The second kappa shape index (κ2) is 14.7. The standard InChI is InChI=1S/C20H40O4S/c1-3-4-5-6-7-8-9-10-11-12-13-14-15-16-17-18-19-20(2,21)25(22,23)24/h10-11,21H,3-9,12-19H2,1-2H3,(H,22,23,24)/b11-10-. The van der Waals surface area contributed by atoms with Crippen molar-refractivity contribution in [3.8, 4) is 0 Å². The summed E-state index contributed by atoms with van der Waals surface area (Å²) in [4.78, 5) is -2.01. The number of rotatable bonds is 17.